The highest BCUT2D eigenvalue weighted by molar-refractivity contribution is 5.40. The number of aryl methyl sites for hydroxylation is 3. The first-order chi connectivity index (χ1) is 10.1. The number of aromatic nitrogens is 1. The van der Waals surface area contributed by atoms with E-state index in [9.17, 15) is 0 Å². The summed E-state index contributed by atoms with van der Waals surface area (Å²) < 4.78 is 6.12. The third-order valence-electron chi connectivity index (χ3n) is 3.66. The van der Waals surface area contributed by atoms with Crippen molar-refractivity contribution in [1.82, 2.24) is 10.3 Å². The summed E-state index contributed by atoms with van der Waals surface area (Å²) in [5.74, 6) is 1.80. The Morgan fingerprint density at radius 2 is 1.81 bits per heavy atom. The molecule has 3 rings (SSSR count). The molecule has 1 aliphatic carbocycles. The molecule has 1 fully saturated rings. The van der Waals surface area contributed by atoms with Crippen molar-refractivity contribution in [3.05, 3.63) is 52.8 Å². The summed E-state index contributed by atoms with van der Waals surface area (Å²) in [4.78, 5) is 4.39. The van der Waals surface area contributed by atoms with Crippen molar-refractivity contribution in [3.8, 4) is 11.5 Å². The topological polar surface area (TPSA) is 34.1 Å². The molecule has 0 bridgehead atoms. The zero-order chi connectivity index (χ0) is 14.8. The van der Waals surface area contributed by atoms with Gasteiger partial charge in [-0.25, -0.2) is 0 Å². The number of hydrogen-bond acceptors (Lipinski definition) is 3. The Hall–Kier alpha value is -1.87. The molecule has 0 spiro atoms. The molecule has 0 saturated heterocycles. The molecule has 0 unspecified atom stereocenters. The molecular formula is C18H22N2O. The van der Waals surface area contributed by atoms with E-state index in [1.165, 1.54) is 24.0 Å². The zero-order valence-electron chi connectivity index (χ0n) is 12.9. The Labute approximate surface area is 126 Å². The van der Waals surface area contributed by atoms with Gasteiger partial charge in [-0.15, -0.1) is 0 Å². The van der Waals surface area contributed by atoms with Crippen LogP contribution in [-0.2, 0) is 6.54 Å². The zero-order valence-corrected chi connectivity index (χ0v) is 12.9. The van der Waals surface area contributed by atoms with Gasteiger partial charge in [0.1, 0.15) is 11.5 Å². The van der Waals surface area contributed by atoms with Crippen LogP contribution in [0.4, 0.5) is 0 Å². The van der Waals surface area contributed by atoms with Gasteiger partial charge in [-0.05, 0) is 56.9 Å². The summed E-state index contributed by atoms with van der Waals surface area (Å²) in [5.41, 5.74) is 4.53. The molecular weight excluding hydrogens is 260 g/mol. The Balaban J connectivity index is 1.83. The summed E-state index contributed by atoms with van der Waals surface area (Å²) in [7, 11) is 0. The van der Waals surface area contributed by atoms with E-state index < -0.39 is 0 Å². The molecule has 2 aromatic rings. The number of pyridine rings is 1. The summed E-state index contributed by atoms with van der Waals surface area (Å²) in [6.07, 6.45) is 4.49. The van der Waals surface area contributed by atoms with E-state index in [2.05, 4.69) is 42.3 Å². The largest absolute Gasteiger partial charge is 0.457 e. The highest BCUT2D eigenvalue weighted by Crippen LogP contribution is 2.28. The average Bonchev–Trinajstić information content (AvgIpc) is 3.20. The lowest BCUT2D eigenvalue weighted by atomic mass is 10.1. The van der Waals surface area contributed by atoms with Gasteiger partial charge >= 0.3 is 0 Å². The van der Waals surface area contributed by atoms with Gasteiger partial charge in [0.25, 0.3) is 0 Å². The van der Waals surface area contributed by atoms with Crippen LogP contribution in [0, 0.1) is 20.8 Å². The lowest BCUT2D eigenvalue weighted by Crippen LogP contribution is -2.16. The first-order valence-corrected chi connectivity index (χ1v) is 7.55. The molecule has 3 heteroatoms. The monoisotopic (exact) mass is 282 g/mol. The molecule has 110 valence electrons. The predicted octanol–water partition coefficient (Wildman–Crippen LogP) is 4.05. The molecule has 0 atom stereocenters. The standard InChI is InChI=1S/C18H22N2O/c1-12-6-13(2)8-17(7-12)21-18-9-14(3)19-10-15(18)11-20-16-4-5-16/h6-10,16,20H,4-5,11H2,1-3H3. The van der Waals surface area contributed by atoms with Crippen molar-refractivity contribution >= 4 is 0 Å². The number of benzene rings is 1. The maximum atomic E-state index is 6.12. The molecule has 0 radical (unpaired) electrons. The van der Waals surface area contributed by atoms with Crippen molar-refractivity contribution in [2.45, 2.75) is 46.2 Å². The van der Waals surface area contributed by atoms with Crippen LogP contribution in [0.25, 0.3) is 0 Å². The second kappa shape index (κ2) is 5.86. The minimum atomic E-state index is 0.681. The SMILES string of the molecule is Cc1cc(C)cc(Oc2cc(C)ncc2CNC2CC2)c1. The van der Waals surface area contributed by atoms with Gasteiger partial charge < -0.3 is 10.1 Å². The second-order valence-electron chi connectivity index (χ2n) is 6.01. The smallest absolute Gasteiger partial charge is 0.135 e. The van der Waals surface area contributed by atoms with Crippen LogP contribution < -0.4 is 10.1 Å². The van der Waals surface area contributed by atoms with Gasteiger partial charge in [-0.3, -0.25) is 4.98 Å². The first-order valence-electron chi connectivity index (χ1n) is 7.55. The van der Waals surface area contributed by atoms with Crippen molar-refractivity contribution < 1.29 is 4.74 Å². The van der Waals surface area contributed by atoms with Crippen LogP contribution in [-0.4, -0.2) is 11.0 Å². The minimum absolute atomic E-state index is 0.681. The van der Waals surface area contributed by atoms with Crippen LogP contribution >= 0.6 is 0 Å². The van der Waals surface area contributed by atoms with Gasteiger partial charge in [0, 0.05) is 36.1 Å². The van der Waals surface area contributed by atoms with E-state index in [4.69, 9.17) is 4.74 Å². The van der Waals surface area contributed by atoms with E-state index in [1.807, 2.05) is 19.2 Å². The van der Waals surface area contributed by atoms with Crippen molar-refractivity contribution in [2.24, 2.45) is 0 Å². The Kier molecular flexibility index (Phi) is 3.93. The molecule has 1 saturated carbocycles. The molecule has 1 aliphatic rings. The van der Waals surface area contributed by atoms with E-state index in [1.54, 1.807) is 0 Å². The van der Waals surface area contributed by atoms with Gasteiger partial charge in [-0.2, -0.15) is 0 Å². The Morgan fingerprint density at radius 3 is 2.48 bits per heavy atom. The quantitative estimate of drug-likeness (QED) is 0.898. The molecule has 1 heterocycles. The molecule has 0 amide bonds. The van der Waals surface area contributed by atoms with Crippen molar-refractivity contribution in [3.63, 3.8) is 0 Å². The summed E-state index contributed by atoms with van der Waals surface area (Å²) in [6, 6.07) is 8.99. The lowest BCUT2D eigenvalue weighted by molar-refractivity contribution is 0.470. The van der Waals surface area contributed by atoms with Crippen LogP contribution in [0.5, 0.6) is 11.5 Å². The van der Waals surface area contributed by atoms with Crippen molar-refractivity contribution in [1.29, 1.82) is 0 Å². The first kappa shape index (κ1) is 14.1. The second-order valence-corrected chi connectivity index (χ2v) is 6.01. The number of ether oxygens (including phenoxy) is 1. The number of hydrogen-bond donors (Lipinski definition) is 1. The highest BCUT2D eigenvalue weighted by Gasteiger charge is 2.20. The maximum absolute atomic E-state index is 6.12. The van der Waals surface area contributed by atoms with Crippen LogP contribution in [0.3, 0.4) is 0 Å². The third kappa shape index (κ3) is 3.82. The van der Waals surface area contributed by atoms with Crippen LogP contribution in [0.2, 0.25) is 0 Å². The van der Waals surface area contributed by atoms with Crippen LogP contribution in [0.1, 0.15) is 35.2 Å². The maximum Gasteiger partial charge on any atom is 0.135 e. The molecule has 1 N–H and O–H groups in total. The van der Waals surface area contributed by atoms with E-state index in [-0.39, 0.29) is 0 Å². The fourth-order valence-corrected chi connectivity index (χ4v) is 2.45. The molecule has 1 aromatic carbocycles. The lowest BCUT2D eigenvalue weighted by Gasteiger charge is -2.13. The number of nitrogens with one attached hydrogen (secondary N) is 1. The minimum Gasteiger partial charge on any atom is -0.457 e. The van der Waals surface area contributed by atoms with Gasteiger partial charge in [0.2, 0.25) is 0 Å². The molecule has 0 aliphatic heterocycles. The summed E-state index contributed by atoms with van der Waals surface area (Å²) >= 11 is 0. The highest BCUT2D eigenvalue weighted by atomic mass is 16.5. The van der Waals surface area contributed by atoms with E-state index in [0.717, 1.165) is 29.3 Å². The normalized spacial score (nSPS) is 14.2. The Bertz CT molecular complexity index is 627. The molecule has 21 heavy (non-hydrogen) atoms. The number of rotatable bonds is 5. The van der Waals surface area contributed by atoms with Gasteiger partial charge in [0.05, 0.1) is 0 Å². The Morgan fingerprint density at radius 1 is 1.10 bits per heavy atom. The van der Waals surface area contributed by atoms with E-state index in [0.29, 0.717) is 6.04 Å². The summed E-state index contributed by atoms with van der Waals surface area (Å²) in [6.45, 7) is 6.99. The fourth-order valence-electron chi connectivity index (χ4n) is 2.45. The fraction of sp³-hybridized carbons (Fsp3) is 0.389. The average molecular weight is 282 g/mol. The van der Waals surface area contributed by atoms with E-state index >= 15 is 0 Å². The summed E-state index contributed by atoms with van der Waals surface area (Å²) in [5, 5.41) is 3.52. The van der Waals surface area contributed by atoms with Gasteiger partial charge in [0.15, 0.2) is 0 Å². The molecule has 1 aromatic heterocycles. The van der Waals surface area contributed by atoms with Crippen LogP contribution in [0.15, 0.2) is 30.5 Å². The third-order valence-corrected chi connectivity index (χ3v) is 3.66. The predicted molar refractivity (Wildman–Crippen MR) is 84.8 cm³/mol. The van der Waals surface area contributed by atoms with Gasteiger partial charge in [-0.1, -0.05) is 6.07 Å². The number of nitrogens with zero attached hydrogens (tertiary/aromatic N) is 1. The molecule has 3 nitrogen and oxygen atoms in total. The van der Waals surface area contributed by atoms with Crippen molar-refractivity contribution in [2.75, 3.05) is 0 Å².